The minimum absolute atomic E-state index is 0.238. The predicted octanol–water partition coefficient (Wildman–Crippen LogP) is 5.38. The Morgan fingerprint density at radius 1 is 1.27 bits per heavy atom. The van der Waals surface area contributed by atoms with Crippen molar-refractivity contribution >= 4 is 34.8 Å². The molecular formula is C24H31N3O2S. The van der Waals surface area contributed by atoms with Crippen LogP contribution in [-0.4, -0.2) is 30.6 Å². The molecule has 1 aliphatic carbocycles. The van der Waals surface area contributed by atoms with Crippen molar-refractivity contribution in [2.24, 2.45) is 11.8 Å². The van der Waals surface area contributed by atoms with Gasteiger partial charge in [0.15, 0.2) is 0 Å². The third-order valence-electron chi connectivity index (χ3n) is 6.27. The lowest BCUT2D eigenvalue weighted by molar-refractivity contribution is -0.133. The predicted molar refractivity (Wildman–Crippen MR) is 124 cm³/mol. The van der Waals surface area contributed by atoms with Crippen LogP contribution >= 0.6 is 11.3 Å². The number of carbonyl (C=O) groups is 1. The molecule has 0 amide bonds. The number of nitrogens with one attached hydrogen (secondary N) is 1. The third kappa shape index (κ3) is 4.69. The fraction of sp³-hybridized carbons (Fsp3) is 0.500. The Hall–Kier alpha value is -2.34. The van der Waals surface area contributed by atoms with Gasteiger partial charge in [-0.3, -0.25) is 9.78 Å². The highest BCUT2D eigenvalue weighted by atomic mass is 32.1. The van der Waals surface area contributed by atoms with E-state index in [2.05, 4.69) is 48.2 Å². The van der Waals surface area contributed by atoms with E-state index >= 15 is 0 Å². The molecule has 1 N–H and O–H groups in total. The molecule has 0 aromatic carbocycles. The zero-order chi connectivity index (χ0) is 21.1. The number of esters is 1. The average molecular weight is 426 g/mol. The number of thiophene rings is 1. The van der Waals surface area contributed by atoms with Crippen LogP contribution in [-0.2, 0) is 11.2 Å². The Labute approximate surface area is 183 Å². The van der Waals surface area contributed by atoms with E-state index < -0.39 is 0 Å². The zero-order valence-electron chi connectivity index (χ0n) is 18.1. The summed E-state index contributed by atoms with van der Waals surface area (Å²) in [6, 6.07) is 3.96. The molecule has 30 heavy (non-hydrogen) atoms. The van der Waals surface area contributed by atoms with Crippen molar-refractivity contribution < 1.29 is 9.53 Å². The molecule has 6 heteroatoms. The van der Waals surface area contributed by atoms with Gasteiger partial charge < -0.3 is 15.0 Å². The van der Waals surface area contributed by atoms with Gasteiger partial charge in [-0.1, -0.05) is 43.6 Å². The largest absolute Gasteiger partial charge is 0.413 e. The zero-order valence-corrected chi connectivity index (χ0v) is 18.9. The smallest absolute Gasteiger partial charge is 0.316 e. The van der Waals surface area contributed by atoms with Crippen LogP contribution in [0.25, 0.3) is 6.08 Å². The first kappa shape index (κ1) is 20.9. The maximum Gasteiger partial charge on any atom is 0.316 e. The summed E-state index contributed by atoms with van der Waals surface area (Å²) in [5.74, 6) is 1.17. The fourth-order valence-corrected chi connectivity index (χ4v) is 5.61. The molecule has 4 rings (SSSR count). The third-order valence-corrected chi connectivity index (χ3v) is 7.29. The molecule has 2 aromatic rings. The highest BCUT2D eigenvalue weighted by Gasteiger charge is 2.29. The molecule has 0 bridgehead atoms. The van der Waals surface area contributed by atoms with E-state index in [0.29, 0.717) is 11.0 Å². The average Bonchev–Trinajstić information content (AvgIpc) is 3.07. The summed E-state index contributed by atoms with van der Waals surface area (Å²) in [5, 5.41) is 4.27. The number of anilines is 2. The minimum Gasteiger partial charge on any atom is -0.413 e. The summed E-state index contributed by atoms with van der Waals surface area (Å²) in [6.07, 6.45) is 13.2. The van der Waals surface area contributed by atoms with Gasteiger partial charge in [-0.2, -0.15) is 0 Å². The van der Waals surface area contributed by atoms with E-state index in [-0.39, 0.29) is 18.4 Å². The van der Waals surface area contributed by atoms with Crippen LogP contribution in [0.4, 0.5) is 11.4 Å². The molecule has 3 unspecified atom stereocenters. The van der Waals surface area contributed by atoms with E-state index in [1.807, 2.05) is 12.1 Å². The molecule has 3 atom stereocenters. The van der Waals surface area contributed by atoms with E-state index in [0.717, 1.165) is 34.3 Å². The number of hydrogen-bond acceptors (Lipinski definition) is 6. The molecule has 1 fully saturated rings. The normalized spacial score (nSPS) is 22.8. The molecule has 3 heterocycles. The van der Waals surface area contributed by atoms with Crippen LogP contribution in [0.2, 0.25) is 0 Å². The lowest BCUT2D eigenvalue weighted by Crippen LogP contribution is -2.32. The Morgan fingerprint density at radius 2 is 2.03 bits per heavy atom. The van der Waals surface area contributed by atoms with Crippen molar-refractivity contribution in [2.45, 2.75) is 52.0 Å². The van der Waals surface area contributed by atoms with Crippen LogP contribution in [0, 0.1) is 11.8 Å². The summed E-state index contributed by atoms with van der Waals surface area (Å²) in [5.41, 5.74) is 3.02. The number of fused-ring (bicyclic) bond motifs is 1. The van der Waals surface area contributed by atoms with Crippen LogP contribution in [0.5, 0.6) is 5.06 Å². The van der Waals surface area contributed by atoms with E-state index in [4.69, 9.17) is 4.74 Å². The van der Waals surface area contributed by atoms with Crippen molar-refractivity contribution in [1.29, 1.82) is 0 Å². The second kappa shape index (κ2) is 9.21. The van der Waals surface area contributed by atoms with E-state index in [1.54, 1.807) is 23.7 Å². The maximum absolute atomic E-state index is 12.7. The second-order valence-electron chi connectivity index (χ2n) is 8.68. The summed E-state index contributed by atoms with van der Waals surface area (Å²) in [7, 11) is 2.13. The van der Waals surface area contributed by atoms with Gasteiger partial charge in [0.1, 0.15) is 5.69 Å². The number of ether oxygens (including phenoxy) is 1. The second-order valence-corrected chi connectivity index (χ2v) is 9.69. The van der Waals surface area contributed by atoms with Crippen LogP contribution in [0.15, 0.2) is 30.6 Å². The number of aromatic nitrogens is 1. The topological polar surface area (TPSA) is 54.5 Å². The van der Waals surface area contributed by atoms with Gasteiger partial charge in [0.2, 0.25) is 5.06 Å². The van der Waals surface area contributed by atoms with Gasteiger partial charge >= 0.3 is 5.97 Å². The molecular weight excluding hydrogens is 394 g/mol. The number of rotatable bonds is 6. The van der Waals surface area contributed by atoms with Crippen molar-refractivity contribution in [3.05, 3.63) is 41.0 Å². The monoisotopic (exact) mass is 425 g/mol. The quantitative estimate of drug-likeness (QED) is 0.630. The molecule has 2 aromatic heterocycles. The van der Waals surface area contributed by atoms with E-state index in [9.17, 15) is 4.79 Å². The first-order valence-corrected chi connectivity index (χ1v) is 11.7. The minimum atomic E-state index is -0.238. The Morgan fingerprint density at radius 3 is 2.80 bits per heavy atom. The highest BCUT2D eigenvalue weighted by Crippen LogP contribution is 2.49. The van der Waals surface area contributed by atoms with Crippen LogP contribution in [0.1, 0.15) is 50.0 Å². The Kier molecular flexibility index (Phi) is 6.42. The van der Waals surface area contributed by atoms with Crippen molar-refractivity contribution in [3.63, 3.8) is 0 Å². The van der Waals surface area contributed by atoms with Gasteiger partial charge in [-0.25, -0.2) is 0 Å². The van der Waals surface area contributed by atoms with Crippen LogP contribution < -0.4 is 15.0 Å². The lowest BCUT2D eigenvalue weighted by Gasteiger charge is -2.33. The van der Waals surface area contributed by atoms with Crippen molar-refractivity contribution in [1.82, 2.24) is 4.98 Å². The lowest BCUT2D eigenvalue weighted by atomic mass is 9.80. The molecule has 0 radical (unpaired) electrons. The van der Waals surface area contributed by atoms with Crippen molar-refractivity contribution in [2.75, 3.05) is 23.8 Å². The highest BCUT2D eigenvalue weighted by molar-refractivity contribution is 7.16. The molecule has 160 valence electrons. The summed E-state index contributed by atoms with van der Waals surface area (Å²) < 4.78 is 5.92. The molecule has 1 saturated carbocycles. The molecule has 2 aliphatic rings. The first-order valence-electron chi connectivity index (χ1n) is 10.9. The maximum atomic E-state index is 12.7. The first-order chi connectivity index (χ1) is 14.5. The summed E-state index contributed by atoms with van der Waals surface area (Å²) >= 11 is 1.55. The van der Waals surface area contributed by atoms with Gasteiger partial charge in [0.05, 0.1) is 17.0 Å². The molecule has 1 aliphatic heterocycles. The van der Waals surface area contributed by atoms with Gasteiger partial charge in [-0.15, -0.1) is 0 Å². The summed E-state index contributed by atoms with van der Waals surface area (Å²) in [6.45, 7) is 5.50. The molecule has 0 saturated heterocycles. The van der Waals surface area contributed by atoms with E-state index in [1.165, 1.54) is 25.7 Å². The van der Waals surface area contributed by atoms with Gasteiger partial charge in [0, 0.05) is 32.0 Å². The Bertz CT molecular complexity index is 909. The SMILES string of the molecule is CC1C=Cc2sc(OC(=O)Cc3ccncc3)c(N(C)CC3CCCCC3C)c2N1. The number of carbonyl (C=O) groups excluding carboxylic acids is 1. The van der Waals surface area contributed by atoms with Crippen molar-refractivity contribution in [3.8, 4) is 5.06 Å². The molecule has 0 spiro atoms. The molecule has 5 nitrogen and oxygen atoms in total. The number of pyridine rings is 1. The fourth-order valence-electron chi connectivity index (χ4n) is 4.51. The van der Waals surface area contributed by atoms with Crippen LogP contribution in [0.3, 0.4) is 0 Å². The Balaban J connectivity index is 1.57. The summed E-state index contributed by atoms with van der Waals surface area (Å²) in [4.78, 5) is 20.1. The number of nitrogens with zero attached hydrogens (tertiary/aromatic N) is 2. The standard InChI is InChI=1S/C24H31N3O2S/c1-16-6-4-5-7-19(16)15-27(3)23-22-20(9-8-17(2)26-22)30-24(23)29-21(28)14-18-10-12-25-13-11-18/h8-13,16-17,19,26H,4-7,14-15H2,1-3H3. The number of hydrogen-bond donors (Lipinski definition) is 1. The van der Waals surface area contributed by atoms with Gasteiger partial charge in [-0.05, 0) is 49.0 Å². The van der Waals surface area contributed by atoms with Gasteiger partial charge in [0.25, 0.3) is 0 Å².